The predicted molar refractivity (Wildman–Crippen MR) is 63.5 cm³/mol. The molecule has 0 amide bonds. The van der Waals surface area contributed by atoms with Gasteiger partial charge >= 0.3 is 0 Å². The fourth-order valence-corrected chi connectivity index (χ4v) is 2.15. The Hall–Kier alpha value is -1.26. The Morgan fingerprint density at radius 3 is 2.35 bits per heavy atom. The fourth-order valence-electron chi connectivity index (χ4n) is 2.15. The molecule has 17 heavy (non-hydrogen) atoms. The van der Waals surface area contributed by atoms with Crippen LogP contribution in [0.3, 0.4) is 0 Å². The topological polar surface area (TPSA) is 38.0 Å². The minimum absolute atomic E-state index is 0.0434. The van der Waals surface area contributed by atoms with E-state index in [1.807, 2.05) is 0 Å². The predicted octanol–water partition coefficient (Wildman–Crippen LogP) is 2.27. The molecule has 0 fully saturated rings. The van der Waals surface area contributed by atoms with Gasteiger partial charge in [-0.25, -0.2) is 8.78 Å². The van der Waals surface area contributed by atoms with Crippen molar-refractivity contribution in [2.45, 2.75) is 24.9 Å². The van der Waals surface area contributed by atoms with Crippen LogP contribution in [0.5, 0.6) is 0 Å². The van der Waals surface area contributed by atoms with E-state index in [9.17, 15) is 8.78 Å². The average Bonchev–Trinajstić information content (AvgIpc) is 2.80. The van der Waals surface area contributed by atoms with E-state index in [2.05, 4.69) is 17.5 Å². The van der Waals surface area contributed by atoms with Gasteiger partial charge in [-0.15, -0.1) is 0 Å². The van der Waals surface area contributed by atoms with E-state index in [-0.39, 0.29) is 18.2 Å². The second kappa shape index (κ2) is 5.38. The van der Waals surface area contributed by atoms with Crippen LogP contribution in [0.2, 0.25) is 0 Å². The summed E-state index contributed by atoms with van der Waals surface area (Å²) in [5.41, 5.74) is 5.65. The Morgan fingerprint density at radius 1 is 1.24 bits per heavy atom. The van der Waals surface area contributed by atoms with Crippen LogP contribution in [0.4, 0.5) is 8.78 Å². The van der Waals surface area contributed by atoms with Crippen molar-refractivity contribution >= 4 is 0 Å². The largest absolute Gasteiger partial charge is 0.329 e. The Labute approximate surface area is 99.5 Å². The van der Waals surface area contributed by atoms with Crippen LogP contribution in [0.15, 0.2) is 30.4 Å². The molecule has 92 valence electrons. The highest BCUT2D eigenvalue weighted by Gasteiger charge is 2.22. The molecule has 0 radical (unpaired) electrons. The van der Waals surface area contributed by atoms with Gasteiger partial charge in [0.25, 0.3) is 0 Å². The zero-order valence-electron chi connectivity index (χ0n) is 9.50. The van der Waals surface area contributed by atoms with E-state index in [0.717, 1.165) is 12.8 Å². The summed E-state index contributed by atoms with van der Waals surface area (Å²) in [6.45, 7) is 0.175. The van der Waals surface area contributed by atoms with E-state index in [0.29, 0.717) is 0 Å². The Morgan fingerprint density at radius 2 is 1.82 bits per heavy atom. The smallest absolute Gasteiger partial charge is 0.130 e. The lowest BCUT2D eigenvalue weighted by atomic mass is 10.0. The first-order chi connectivity index (χ1) is 8.22. The third-order valence-electron chi connectivity index (χ3n) is 3.03. The van der Waals surface area contributed by atoms with Gasteiger partial charge in [0.1, 0.15) is 11.6 Å². The first-order valence-electron chi connectivity index (χ1n) is 5.77. The second-order valence-corrected chi connectivity index (χ2v) is 4.23. The summed E-state index contributed by atoms with van der Waals surface area (Å²) >= 11 is 0. The maximum atomic E-state index is 13.6. The van der Waals surface area contributed by atoms with Crippen molar-refractivity contribution in [2.24, 2.45) is 5.73 Å². The molecular formula is C13H16F2N2. The van der Waals surface area contributed by atoms with Gasteiger partial charge in [-0.05, 0) is 25.0 Å². The molecule has 0 saturated carbocycles. The molecule has 1 atom stereocenters. The van der Waals surface area contributed by atoms with Crippen LogP contribution in [0, 0.1) is 11.6 Å². The highest BCUT2D eigenvalue weighted by Crippen LogP contribution is 2.22. The van der Waals surface area contributed by atoms with Gasteiger partial charge in [0.2, 0.25) is 0 Å². The third-order valence-corrected chi connectivity index (χ3v) is 3.03. The van der Waals surface area contributed by atoms with Crippen molar-refractivity contribution in [2.75, 3.05) is 6.54 Å². The van der Waals surface area contributed by atoms with Crippen LogP contribution in [0.1, 0.15) is 24.4 Å². The van der Waals surface area contributed by atoms with Gasteiger partial charge in [-0.1, -0.05) is 18.2 Å². The van der Waals surface area contributed by atoms with Crippen LogP contribution in [0.25, 0.3) is 0 Å². The number of nitrogens with one attached hydrogen (secondary N) is 1. The standard InChI is InChI=1S/C13H16F2N2/c14-10-6-3-7-11(15)13(10)12(8-16)17-9-4-1-2-5-9/h1-3,6-7,9,12,17H,4-5,8,16H2. The van der Waals surface area contributed by atoms with Crippen molar-refractivity contribution in [3.8, 4) is 0 Å². The number of hydrogen-bond donors (Lipinski definition) is 2. The summed E-state index contributed by atoms with van der Waals surface area (Å²) in [6.07, 6.45) is 5.88. The number of hydrogen-bond acceptors (Lipinski definition) is 2. The van der Waals surface area contributed by atoms with Gasteiger partial charge < -0.3 is 11.1 Å². The van der Waals surface area contributed by atoms with Crippen LogP contribution in [-0.4, -0.2) is 12.6 Å². The summed E-state index contributed by atoms with van der Waals surface area (Å²) < 4.78 is 27.2. The van der Waals surface area contributed by atoms with Gasteiger partial charge in [0, 0.05) is 18.2 Å². The first kappa shape index (κ1) is 12.2. The van der Waals surface area contributed by atoms with Gasteiger partial charge in [0.15, 0.2) is 0 Å². The highest BCUT2D eigenvalue weighted by atomic mass is 19.1. The molecule has 2 rings (SSSR count). The fraction of sp³-hybridized carbons (Fsp3) is 0.385. The number of benzene rings is 1. The number of nitrogens with two attached hydrogens (primary N) is 1. The van der Waals surface area contributed by atoms with Crippen molar-refractivity contribution in [1.82, 2.24) is 5.32 Å². The van der Waals surface area contributed by atoms with Crippen molar-refractivity contribution < 1.29 is 8.78 Å². The van der Waals surface area contributed by atoms with E-state index in [4.69, 9.17) is 5.73 Å². The van der Waals surface area contributed by atoms with Gasteiger partial charge in [-0.3, -0.25) is 0 Å². The Bertz CT molecular complexity index is 390. The third kappa shape index (κ3) is 2.70. The number of rotatable bonds is 4. The molecule has 4 heteroatoms. The Balaban J connectivity index is 2.16. The van der Waals surface area contributed by atoms with Gasteiger partial charge in [-0.2, -0.15) is 0 Å². The highest BCUT2D eigenvalue weighted by molar-refractivity contribution is 5.24. The van der Waals surface area contributed by atoms with Crippen LogP contribution in [-0.2, 0) is 0 Å². The minimum Gasteiger partial charge on any atom is -0.329 e. The van der Waals surface area contributed by atoms with E-state index >= 15 is 0 Å². The second-order valence-electron chi connectivity index (χ2n) is 4.23. The molecule has 0 heterocycles. The van der Waals surface area contributed by atoms with E-state index in [1.165, 1.54) is 18.2 Å². The van der Waals surface area contributed by atoms with Crippen molar-refractivity contribution in [1.29, 1.82) is 0 Å². The molecule has 1 aromatic rings. The molecule has 3 N–H and O–H groups in total. The van der Waals surface area contributed by atoms with Gasteiger partial charge in [0.05, 0.1) is 6.04 Å². The molecule has 0 aliphatic heterocycles. The molecular weight excluding hydrogens is 222 g/mol. The maximum Gasteiger partial charge on any atom is 0.130 e. The summed E-state index contributed by atoms with van der Waals surface area (Å²) in [6, 6.07) is 3.63. The quantitative estimate of drug-likeness (QED) is 0.790. The maximum absolute atomic E-state index is 13.6. The first-order valence-corrected chi connectivity index (χ1v) is 5.77. The lowest BCUT2D eigenvalue weighted by Gasteiger charge is -2.22. The summed E-state index contributed by atoms with van der Waals surface area (Å²) in [5.74, 6) is -1.09. The zero-order chi connectivity index (χ0) is 12.3. The van der Waals surface area contributed by atoms with Crippen molar-refractivity contribution in [3.63, 3.8) is 0 Å². The van der Waals surface area contributed by atoms with E-state index in [1.54, 1.807) is 0 Å². The normalized spacial score (nSPS) is 17.6. The Kier molecular flexibility index (Phi) is 3.86. The molecule has 1 unspecified atom stereocenters. The molecule has 0 spiro atoms. The number of halogens is 2. The monoisotopic (exact) mass is 238 g/mol. The molecule has 0 aromatic heterocycles. The molecule has 1 aliphatic carbocycles. The lowest BCUT2D eigenvalue weighted by molar-refractivity contribution is 0.421. The molecule has 2 nitrogen and oxygen atoms in total. The molecule has 1 aromatic carbocycles. The van der Waals surface area contributed by atoms with E-state index < -0.39 is 17.7 Å². The molecule has 0 saturated heterocycles. The zero-order valence-corrected chi connectivity index (χ0v) is 9.50. The summed E-state index contributed by atoms with van der Waals surface area (Å²) in [4.78, 5) is 0. The minimum atomic E-state index is -0.543. The SMILES string of the molecule is NCC(NC1CC=CC1)c1c(F)cccc1F. The summed E-state index contributed by atoms with van der Waals surface area (Å²) in [7, 11) is 0. The summed E-state index contributed by atoms with van der Waals surface area (Å²) in [5, 5.41) is 3.20. The average molecular weight is 238 g/mol. The lowest BCUT2D eigenvalue weighted by Crippen LogP contribution is -2.36. The molecule has 1 aliphatic rings. The van der Waals surface area contributed by atoms with Crippen molar-refractivity contribution in [3.05, 3.63) is 47.5 Å². The van der Waals surface area contributed by atoms with Crippen LogP contribution < -0.4 is 11.1 Å². The molecule has 0 bridgehead atoms. The van der Waals surface area contributed by atoms with Crippen LogP contribution >= 0.6 is 0 Å².